The molecule has 2 aromatic heterocycles. The molecule has 1 N–H and O–H groups in total. The lowest BCUT2D eigenvalue weighted by molar-refractivity contribution is 0.105. The van der Waals surface area contributed by atoms with Crippen molar-refractivity contribution in [3.8, 4) is 0 Å². The molecule has 0 atom stereocenters. The van der Waals surface area contributed by atoms with Gasteiger partial charge < -0.3 is 19.9 Å². The Bertz CT molecular complexity index is 968. The van der Waals surface area contributed by atoms with Gasteiger partial charge in [0.05, 0.1) is 24.0 Å². The fourth-order valence-corrected chi connectivity index (χ4v) is 3.14. The SMILES string of the molecule is CCOC(=O)N1CCN(c2nncc(Nc3cccc4cccnc34)n2)CC1. The van der Waals surface area contributed by atoms with Crippen LogP contribution in [0.25, 0.3) is 10.9 Å². The number of para-hydroxylation sites is 1. The van der Waals surface area contributed by atoms with Gasteiger partial charge in [0.1, 0.15) is 0 Å². The van der Waals surface area contributed by atoms with E-state index in [0.29, 0.717) is 44.6 Å². The zero-order valence-corrected chi connectivity index (χ0v) is 15.6. The molecule has 1 amide bonds. The Morgan fingerprint density at radius 1 is 1.18 bits per heavy atom. The number of benzene rings is 1. The summed E-state index contributed by atoms with van der Waals surface area (Å²) in [6.07, 6.45) is 3.07. The highest BCUT2D eigenvalue weighted by molar-refractivity contribution is 5.91. The number of hydrogen-bond acceptors (Lipinski definition) is 8. The van der Waals surface area contributed by atoms with E-state index in [1.54, 1.807) is 24.2 Å². The van der Waals surface area contributed by atoms with Crippen molar-refractivity contribution in [3.63, 3.8) is 0 Å². The van der Waals surface area contributed by atoms with Crippen LogP contribution in [0, 0.1) is 0 Å². The number of nitrogens with one attached hydrogen (secondary N) is 1. The third kappa shape index (κ3) is 3.78. The maximum Gasteiger partial charge on any atom is 0.409 e. The van der Waals surface area contributed by atoms with Crippen LogP contribution in [-0.2, 0) is 4.74 Å². The fourth-order valence-electron chi connectivity index (χ4n) is 3.14. The second-order valence-electron chi connectivity index (χ2n) is 6.32. The average molecular weight is 379 g/mol. The van der Waals surface area contributed by atoms with Gasteiger partial charge >= 0.3 is 6.09 Å². The smallest absolute Gasteiger partial charge is 0.409 e. The van der Waals surface area contributed by atoms with Crippen LogP contribution in [0.1, 0.15) is 6.92 Å². The number of nitrogens with zero attached hydrogens (tertiary/aromatic N) is 6. The maximum atomic E-state index is 11.8. The molecule has 1 fully saturated rings. The summed E-state index contributed by atoms with van der Waals surface area (Å²) in [5, 5.41) is 12.6. The van der Waals surface area contributed by atoms with Crippen molar-refractivity contribution in [1.29, 1.82) is 0 Å². The molecule has 3 heterocycles. The molecule has 9 heteroatoms. The summed E-state index contributed by atoms with van der Waals surface area (Å²) in [4.78, 5) is 24.6. The van der Waals surface area contributed by atoms with Gasteiger partial charge in [-0.25, -0.2) is 4.79 Å². The lowest BCUT2D eigenvalue weighted by Crippen LogP contribution is -2.49. The van der Waals surface area contributed by atoms with E-state index >= 15 is 0 Å². The molecule has 3 aromatic rings. The second-order valence-corrected chi connectivity index (χ2v) is 6.32. The van der Waals surface area contributed by atoms with Crippen molar-refractivity contribution in [3.05, 3.63) is 42.7 Å². The van der Waals surface area contributed by atoms with E-state index in [1.165, 1.54) is 0 Å². The van der Waals surface area contributed by atoms with Crippen molar-refractivity contribution in [2.45, 2.75) is 6.92 Å². The Morgan fingerprint density at radius 3 is 2.82 bits per heavy atom. The number of anilines is 3. The number of pyridine rings is 1. The van der Waals surface area contributed by atoms with Gasteiger partial charge in [0.15, 0.2) is 5.82 Å². The lowest BCUT2D eigenvalue weighted by Gasteiger charge is -2.33. The number of carbonyl (C=O) groups excluding carboxylic acids is 1. The first kappa shape index (κ1) is 17.9. The van der Waals surface area contributed by atoms with Gasteiger partial charge in [0.25, 0.3) is 0 Å². The minimum Gasteiger partial charge on any atom is -0.450 e. The van der Waals surface area contributed by atoms with Crippen molar-refractivity contribution < 1.29 is 9.53 Å². The van der Waals surface area contributed by atoms with Crippen LogP contribution < -0.4 is 10.2 Å². The van der Waals surface area contributed by atoms with E-state index in [0.717, 1.165) is 16.6 Å². The van der Waals surface area contributed by atoms with Gasteiger partial charge in [0.2, 0.25) is 5.95 Å². The van der Waals surface area contributed by atoms with Gasteiger partial charge in [-0.1, -0.05) is 18.2 Å². The van der Waals surface area contributed by atoms with Crippen LogP contribution in [0.3, 0.4) is 0 Å². The second kappa shape index (κ2) is 8.03. The van der Waals surface area contributed by atoms with Crippen LogP contribution >= 0.6 is 0 Å². The molecule has 9 nitrogen and oxygen atoms in total. The largest absolute Gasteiger partial charge is 0.450 e. The molecule has 0 bridgehead atoms. The Labute approximate surface area is 162 Å². The Balaban J connectivity index is 1.47. The topological polar surface area (TPSA) is 96.4 Å². The van der Waals surface area contributed by atoms with E-state index in [9.17, 15) is 4.79 Å². The molecule has 1 saturated heterocycles. The summed E-state index contributed by atoms with van der Waals surface area (Å²) in [6.45, 7) is 4.56. The molecule has 1 aliphatic rings. The minimum absolute atomic E-state index is 0.278. The molecule has 0 radical (unpaired) electrons. The van der Waals surface area contributed by atoms with Gasteiger partial charge in [-0.3, -0.25) is 4.98 Å². The van der Waals surface area contributed by atoms with Crippen molar-refractivity contribution in [1.82, 2.24) is 25.1 Å². The van der Waals surface area contributed by atoms with E-state index in [4.69, 9.17) is 4.74 Å². The number of carbonyl (C=O) groups is 1. The molecule has 144 valence electrons. The Hall–Kier alpha value is -3.49. The average Bonchev–Trinajstić information content (AvgIpc) is 2.75. The highest BCUT2D eigenvalue weighted by Gasteiger charge is 2.23. The third-order valence-corrected chi connectivity index (χ3v) is 4.53. The van der Waals surface area contributed by atoms with Gasteiger partial charge in [-0.15, -0.1) is 5.10 Å². The lowest BCUT2D eigenvalue weighted by atomic mass is 10.2. The highest BCUT2D eigenvalue weighted by Crippen LogP contribution is 2.24. The quantitative estimate of drug-likeness (QED) is 0.738. The van der Waals surface area contributed by atoms with E-state index in [1.807, 2.05) is 35.2 Å². The van der Waals surface area contributed by atoms with Crippen molar-refractivity contribution >= 4 is 34.4 Å². The summed E-state index contributed by atoms with van der Waals surface area (Å²) >= 11 is 0. The van der Waals surface area contributed by atoms with Crippen molar-refractivity contribution in [2.24, 2.45) is 0 Å². The molecule has 1 aromatic carbocycles. The highest BCUT2D eigenvalue weighted by atomic mass is 16.6. The first-order valence-corrected chi connectivity index (χ1v) is 9.22. The van der Waals surface area contributed by atoms with Crippen LogP contribution in [0.15, 0.2) is 42.7 Å². The van der Waals surface area contributed by atoms with E-state index in [-0.39, 0.29) is 6.09 Å². The summed E-state index contributed by atoms with van der Waals surface area (Å²) in [7, 11) is 0. The molecule has 0 spiro atoms. The molecule has 0 aliphatic carbocycles. The molecule has 0 saturated carbocycles. The monoisotopic (exact) mass is 379 g/mol. The fraction of sp³-hybridized carbons (Fsp3) is 0.316. The van der Waals surface area contributed by atoms with Gasteiger partial charge in [-0.05, 0) is 19.1 Å². The van der Waals surface area contributed by atoms with Crippen molar-refractivity contribution in [2.75, 3.05) is 43.0 Å². The number of fused-ring (bicyclic) bond motifs is 1. The molecule has 28 heavy (non-hydrogen) atoms. The summed E-state index contributed by atoms with van der Waals surface area (Å²) in [5.41, 5.74) is 1.73. The predicted octanol–water partition coefficient (Wildman–Crippen LogP) is 2.44. The Morgan fingerprint density at radius 2 is 2.00 bits per heavy atom. The van der Waals surface area contributed by atoms with E-state index in [2.05, 4.69) is 25.5 Å². The first-order valence-electron chi connectivity index (χ1n) is 9.22. The zero-order valence-electron chi connectivity index (χ0n) is 15.6. The number of aromatic nitrogens is 4. The number of piperazine rings is 1. The molecule has 1 aliphatic heterocycles. The molecular formula is C19H21N7O2. The Kier molecular flexibility index (Phi) is 5.14. The van der Waals surface area contributed by atoms with Crippen LogP contribution in [0.4, 0.5) is 22.2 Å². The third-order valence-electron chi connectivity index (χ3n) is 4.53. The zero-order chi connectivity index (χ0) is 19.3. The van der Waals surface area contributed by atoms with Crippen LogP contribution in [0.5, 0.6) is 0 Å². The standard InChI is InChI=1S/C19H21N7O2/c1-2-28-19(27)26-11-9-25(10-12-26)18-23-16(13-21-24-18)22-15-7-3-5-14-6-4-8-20-17(14)15/h3-8,13H,2,9-12H2,1H3,(H,22,23,24). The number of rotatable bonds is 4. The summed E-state index contributed by atoms with van der Waals surface area (Å²) < 4.78 is 5.05. The number of hydrogen-bond donors (Lipinski definition) is 1. The summed E-state index contributed by atoms with van der Waals surface area (Å²) in [6, 6.07) is 9.86. The number of ether oxygens (including phenoxy) is 1. The molecule has 4 rings (SSSR count). The van der Waals surface area contributed by atoms with Crippen LogP contribution in [0.2, 0.25) is 0 Å². The minimum atomic E-state index is -0.278. The maximum absolute atomic E-state index is 11.8. The molecule has 0 unspecified atom stereocenters. The first-order chi connectivity index (χ1) is 13.7. The van der Waals surface area contributed by atoms with Gasteiger partial charge in [0, 0.05) is 37.8 Å². The summed E-state index contributed by atoms with van der Waals surface area (Å²) in [5.74, 6) is 1.12. The predicted molar refractivity (Wildman–Crippen MR) is 106 cm³/mol. The van der Waals surface area contributed by atoms with Crippen LogP contribution in [-0.4, -0.2) is 63.9 Å². The number of amides is 1. The van der Waals surface area contributed by atoms with E-state index < -0.39 is 0 Å². The van der Waals surface area contributed by atoms with Gasteiger partial charge in [-0.2, -0.15) is 10.1 Å². The normalized spacial score (nSPS) is 14.2. The molecular weight excluding hydrogens is 358 g/mol.